The first-order valence-corrected chi connectivity index (χ1v) is 4.84. The van der Waals surface area contributed by atoms with Gasteiger partial charge in [0.15, 0.2) is 0 Å². The summed E-state index contributed by atoms with van der Waals surface area (Å²) < 4.78 is 13.2. The molecule has 2 rings (SSSR count). The summed E-state index contributed by atoms with van der Waals surface area (Å²) in [5, 5.41) is 0. The van der Waals surface area contributed by atoms with E-state index in [1.807, 2.05) is 42.5 Å². The Hall–Kier alpha value is -1.89. The Kier molecular flexibility index (Phi) is 2.93. The maximum atomic E-state index is 13.2. The quantitative estimate of drug-likeness (QED) is 0.640. The molecular weight excluding hydrogens is 187 g/mol. The van der Waals surface area contributed by atoms with Crippen molar-refractivity contribution in [2.24, 2.45) is 0 Å². The van der Waals surface area contributed by atoms with Gasteiger partial charge in [0.25, 0.3) is 0 Å². The van der Waals surface area contributed by atoms with Crippen LogP contribution in [0.15, 0.2) is 54.6 Å². The lowest BCUT2D eigenvalue weighted by Gasteiger charge is -1.95. The molecule has 0 radical (unpaired) electrons. The first-order chi connectivity index (χ1) is 7.36. The summed E-state index contributed by atoms with van der Waals surface area (Å²) in [4.78, 5) is 0. The second-order valence-electron chi connectivity index (χ2n) is 3.27. The van der Waals surface area contributed by atoms with E-state index in [2.05, 4.69) is 0 Å². The van der Waals surface area contributed by atoms with Crippen LogP contribution in [0.1, 0.15) is 11.1 Å². The summed E-state index contributed by atoms with van der Waals surface area (Å²) >= 11 is 0. The zero-order valence-corrected chi connectivity index (χ0v) is 8.23. The van der Waals surface area contributed by atoms with Gasteiger partial charge in [0.2, 0.25) is 0 Å². The molecule has 0 heterocycles. The van der Waals surface area contributed by atoms with Gasteiger partial charge >= 0.3 is 0 Å². The van der Waals surface area contributed by atoms with Crippen molar-refractivity contribution < 1.29 is 4.39 Å². The molecule has 74 valence electrons. The van der Waals surface area contributed by atoms with Crippen LogP contribution in [0, 0.1) is 5.82 Å². The second-order valence-corrected chi connectivity index (χ2v) is 3.27. The van der Waals surface area contributed by atoms with E-state index in [0.717, 1.165) is 5.56 Å². The Balaban J connectivity index is 2.23. The van der Waals surface area contributed by atoms with Crippen molar-refractivity contribution in [2.45, 2.75) is 0 Å². The van der Waals surface area contributed by atoms with Gasteiger partial charge in [-0.05, 0) is 11.6 Å². The molecule has 15 heavy (non-hydrogen) atoms. The van der Waals surface area contributed by atoms with Gasteiger partial charge in [-0.25, -0.2) is 4.39 Å². The molecule has 0 N–H and O–H groups in total. The smallest absolute Gasteiger partial charge is 0.130 e. The van der Waals surface area contributed by atoms with Crippen molar-refractivity contribution in [3.8, 4) is 0 Å². The maximum absolute atomic E-state index is 13.2. The minimum absolute atomic E-state index is 0.190. The third kappa shape index (κ3) is 2.53. The van der Waals surface area contributed by atoms with Crippen LogP contribution in [0.5, 0.6) is 0 Å². The highest BCUT2D eigenvalue weighted by molar-refractivity contribution is 5.69. The molecule has 2 aromatic rings. The topological polar surface area (TPSA) is 0 Å². The number of benzene rings is 2. The van der Waals surface area contributed by atoms with Gasteiger partial charge in [-0.15, -0.1) is 0 Å². The summed E-state index contributed by atoms with van der Waals surface area (Å²) in [5.41, 5.74) is 1.68. The standard InChI is InChI=1S/C14H11F/c15-14-9-5-4-8-13(14)11-10-12-6-2-1-3-7-12/h1-11H. The number of rotatable bonds is 2. The van der Waals surface area contributed by atoms with Gasteiger partial charge in [0.1, 0.15) is 5.82 Å². The van der Waals surface area contributed by atoms with Crippen LogP contribution in [-0.2, 0) is 0 Å². The van der Waals surface area contributed by atoms with Gasteiger partial charge < -0.3 is 0 Å². The molecule has 1 heteroatoms. The lowest BCUT2D eigenvalue weighted by atomic mass is 10.1. The fourth-order valence-corrected chi connectivity index (χ4v) is 1.36. The van der Waals surface area contributed by atoms with E-state index in [1.165, 1.54) is 6.07 Å². The highest BCUT2D eigenvalue weighted by atomic mass is 19.1. The van der Waals surface area contributed by atoms with Crippen molar-refractivity contribution >= 4 is 12.2 Å². The molecule has 0 saturated carbocycles. The summed E-state index contributed by atoms with van der Waals surface area (Å²) in [6, 6.07) is 16.6. The van der Waals surface area contributed by atoms with Crippen LogP contribution < -0.4 is 0 Å². The molecule has 0 amide bonds. The second kappa shape index (κ2) is 4.56. The van der Waals surface area contributed by atoms with E-state index in [0.29, 0.717) is 5.56 Å². The molecule has 0 nitrogen and oxygen atoms in total. The van der Waals surface area contributed by atoms with Crippen LogP contribution in [0.25, 0.3) is 12.2 Å². The van der Waals surface area contributed by atoms with Gasteiger partial charge in [0.05, 0.1) is 0 Å². The van der Waals surface area contributed by atoms with Crippen LogP contribution in [0.4, 0.5) is 4.39 Å². The third-order valence-corrected chi connectivity index (χ3v) is 2.16. The average Bonchev–Trinajstić information content (AvgIpc) is 2.29. The van der Waals surface area contributed by atoms with Gasteiger partial charge in [-0.2, -0.15) is 0 Å². The van der Waals surface area contributed by atoms with Gasteiger partial charge in [-0.1, -0.05) is 60.7 Å². The summed E-state index contributed by atoms with van der Waals surface area (Å²) in [6.07, 6.45) is 3.68. The summed E-state index contributed by atoms with van der Waals surface area (Å²) in [6.45, 7) is 0. The molecule has 0 fully saturated rings. The molecule has 0 aliphatic heterocycles. The Morgan fingerprint density at radius 2 is 1.40 bits per heavy atom. The normalized spacial score (nSPS) is 10.7. The van der Waals surface area contributed by atoms with Crippen LogP contribution in [-0.4, -0.2) is 0 Å². The fraction of sp³-hybridized carbons (Fsp3) is 0. The first kappa shape index (κ1) is 9.66. The minimum atomic E-state index is -0.190. The predicted molar refractivity (Wildman–Crippen MR) is 61.8 cm³/mol. The number of hydrogen-bond donors (Lipinski definition) is 0. The molecule has 0 aliphatic carbocycles. The minimum Gasteiger partial charge on any atom is -0.206 e. The molecule has 0 aromatic heterocycles. The zero-order valence-electron chi connectivity index (χ0n) is 8.23. The van der Waals surface area contributed by atoms with Crippen molar-refractivity contribution in [3.05, 3.63) is 71.5 Å². The van der Waals surface area contributed by atoms with Gasteiger partial charge in [0, 0.05) is 5.56 Å². The largest absolute Gasteiger partial charge is 0.206 e. The van der Waals surface area contributed by atoms with Crippen LogP contribution >= 0.6 is 0 Å². The average molecular weight is 198 g/mol. The van der Waals surface area contributed by atoms with E-state index >= 15 is 0 Å². The molecule has 0 saturated heterocycles. The Morgan fingerprint density at radius 1 is 0.733 bits per heavy atom. The monoisotopic (exact) mass is 198 g/mol. The Labute approximate surface area is 88.7 Å². The third-order valence-electron chi connectivity index (χ3n) is 2.16. The van der Waals surface area contributed by atoms with E-state index in [1.54, 1.807) is 18.2 Å². The first-order valence-electron chi connectivity index (χ1n) is 4.84. The maximum Gasteiger partial charge on any atom is 0.130 e. The number of hydrogen-bond acceptors (Lipinski definition) is 0. The lowest BCUT2D eigenvalue weighted by molar-refractivity contribution is 0.625. The van der Waals surface area contributed by atoms with Crippen molar-refractivity contribution in [1.82, 2.24) is 0 Å². The van der Waals surface area contributed by atoms with Crippen molar-refractivity contribution in [1.29, 1.82) is 0 Å². The zero-order chi connectivity index (χ0) is 10.5. The molecule has 0 aliphatic rings. The van der Waals surface area contributed by atoms with E-state index in [-0.39, 0.29) is 5.82 Å². The molecule has 0 atom stereocenters. The van der Waals surface area contributed by atoms with Crippen molar-refractivity contribution in [2.75, 3.05) is 0 Å². The number of halogens is 1. The molecule has 0 bridgehead atoms. The van der Waals surface area contributed by atoms with Gasteiger partial charge in [-0.3, -0.25) is 0 Å². The van der Waals surface area contributed by atoms with Crippen LogP contribution in [0.2, 0.25) is 0 Å². The van der Waals surface area contributed by atoms with E-state index in [9.17, 15) is 4.39 Å². The molecule has 0 unspecified atom stereocenters. The molecular formula is C14H11F. The lowest BCUT2D eigenvalue weighted by Crippen LogP contribution is -1.79. The molecule has 2 aromatic carbocycles. The van der Waals surface area contributed by atoms with E-state index in [4.69, 9.17) is 0 Å². The Bertz CT molecular complexity index is 458. The summed E-state index contributed by atoms with van der Waals surface area (Å²) in [7, 11) is 0. The van der Waals surface area contributed by atoms with Crippen LogP contribution in [0.3, 0.4) is 0 Å². The predicted octanol–water partition coefficient (Wildman–Crippen LogP) is 4.00. The van der Waals surface area contributed by atoms with Crippen molar-refractivity contribution in [3.63, 3.8) is 0 Å². The fourth-order valence-electron chi connectivity index (χ4n) is 1.36. The SMILES string of the molecule is Fc1ccccc1C=Cc1ccccc1. The highest BCUT2D eigenvalue weighted by Crippen LogP contribution is 2.11. The Morgan fingerprint density at radius 3 is 2.13 bits per heavy atom. The highest BCUT2D eigenvalue weighted by Gasteiger charge is 1.94. The summed E-state index contributed by atoms with van der Waals surface area (Å²) in [5.74, 6) is -0.190. The molecule has 0 spiro atoms. The van der Waals surface area contributed by atoms with E-state index < -0.39 is 0 Å².